The Bertz CT molecular complexity index is 405. The summed E-state index contributed by atoms with van der Waals surface area (Å²) in [6.45, 7) is 6.64. The first-order valence-electron chi connectivity index (χ1n) is 6.61. The molecule has 1 fully saturated rings. The van der Waals surface area contributed by atoms with E-state index in [0.29, 0.717) is 6.10 Å². The summed E-state index contributed by atoms with van der Waals surface area (Å²) in [5, 5.41) is 3.39. The van der Waals surface area contributed by atoms with Gasteiger partial charge in [-0.2, -0.15) is 0 Å². The van der Waals surface area contributed by atoms with Crippen molar-refractivity contribution in [3.05, 3.63) is 23.8 Å². The average Bonchev–Trinajstić information content (AvgIpc) is 2.97. The zero-order valence-corrected chi connectivity index (χ0v) is 10.4. The molecule has 1 atom stereocenters. The monoisotopic (exact) mass is 232 g/mol. The predicted molar refractivity (Wildman–Crippen MR) is 69.8 cm³/mol. The van der Waals surface area contributed by atoms with Crippen molar-refractivity contribution in [1.82, 2.24) is 4.90 Å². The highest BCUT2D eigenvalue weighted by Crippen LogP contribution is 2.32. The van der Waals surface area contributed by atoms with Gasteiger partial charge in [-0.25, -0.2) is 0 Å². The highest BCUT2D eigenvalue weighted by Gasteiger charge is 2.24. The average molecular weight is 232 g/mol. The lowest BCUT2D eigenvalue weighted by Gasteiger charge is -2.17. The Hall–Kier alpha value is -1.22. The van der Waals surface area contributed by atoms with Crippen LogP contribution < -0.4 is 10.1 Å². The van der Waals surface area contributed by atoms with E-state index >= 15 is 0 Å². The quantitative estimate of drug-likeness (QED) is 0.864. The molecule has 3 nitrogen and oxygen atoms in total. The van der Waals surface area contributed by atoms with Crippen molar-refractivity contribution in [3.8, 4) is 5.75 Å². The van der Waals surface area contributed by atoms with E-state index < -0.39 is 0 Å². The summed E-state index contributed by atoms with van der Waals surface area (Å²) in [7, 11) is 0. The number of rotatable bonds is 3. The van der Waals surface area contributed by atoms with Crippen LogP contribution in [0.2, 0.25) is 0 Å². The fourth-order valence-electron chi connectivity index (χ4n) is 2.78. The molecule has 3 heteroatoms. The molecule has 1 saturated heterocycles. The molecule has 0 saturated carbocycles. The van der Waals surface area contributed by atoms with E-state index in [2.05, 4.69) is 35.3 Å². The third kappa shape index (κ3) is 2.12. The number of hydrogen-bond donors (Lipinski definition) is 1. The Morgan fingerprint density at radius 3 is 3.24 bits per heavy atom. The molecule has 17 heavy (non-hydrogen) atoms. The van der Waals surface area contributed by atoms with Crippen molar-refractivity contribution in [1.29, 1.82) is 0 Å². The Balaban J connectivity index is 1.72. The highest BCUT2D eigenvalue weighted by molar-refractivity contribution is 5.61. The Labute approximate surface area is 103 Å². The minimum absolute atomic E-state index is 0.377. The molecule has 3 rings (SSSR count). The van der Waals surface area contributed by atoms with Crippen LogP contribution in [0.3, 0.4) is 0 Å². The number of likely N-dealkylation sites (N-methyl/N-ethyl adjacent to an activating group) is 1. The fourth-order valence-corrected chi connectivity index (χ4v) is 2.78. The summed E-state index contributed by atoms with van der Waals surface area (Å²) in [5.74, 6) is 1.09. The van der Waals surface area contributed by atoms with E-state index in [4.69, 9.17) is 4.74 Å². The second kappa shape index (κ2) is 4.57. The lowest BCUT2D eigenvalue weighted by atomic mass is 10.1. The molecule has 1 N–H and O–H groups in total. The van der Waals surface area contributed by atoms with Crippen LogP contribution in [0.4, 0.5) is 5.69 Å². The van der Waals surface area contributed by atoms with Gasteiger partial charge in [0.1, 0.15) is 11.9 Å². The van der Waals surface area contributed by atoms with Crippen molar-refractivity contribution in [2.75, 3.05) is 31.5 Å². The second-order valence-corrected chi connectivity index (χ2v) is 4.88. The zero-order chi connectivity index (χ0) is 11.7. The molecule has 1 unspecified atom stereocenters. The van der Waals surface area contributed by atoms with Crippen molar-refractivity contribution < 1.29 is 4.74 Å². The standard InChI is InChI=1S/C14H20N2O/c1-2-16-9-7-11(10-16)17-14-5-3-4-13-12(14)6-8-15-13/h3-5,11,15H,2,6-10H2,1H3. The molecular formula is C14H20N2O. The maximum absolute atomic E-state index is 6.17. The van der Waals surface area contributed by atoms with E-state index in [1.165, 1.54) is 17.8 Å². The summed E-state index contributed by atoms with van der Waals surface area (Å²) < 4.78 is 6.17. The largest absolute Gasteiger partial charge is 0.489 e. The molecule has 0 aromatic heterocycles. The van der Waals surface area contributed by atoms with Gasteiger partial charge in [-0.3, -0.25) is 4.90 Å². The van der Waals surface area contributed by atoms with E-state index in [1.807, 2.05) is 0 Å². The van der Waals surface area contributed by atoms with Gasteiger partial charge in [0.05, 0.1) is 0 Å². The van der Waals surface area contributed by atoms with Crippen LogP contribution in [0.1, 0.15) is 18.9 Å². The smallest absolute Gasteiger partial charge is 0.125 e. The molecule has 1 aromatic carbocycles. The number of ether oxygens (including phenoxy) is 1. The number of likely N-dealkylation sites (tertiary alicyclic amines) is 1. The van der Waals surface area contributed by atoms with Gasteiger partial charge in [-0.15, -0.1) is 0 Å². The number of benzene rings is 1. The van der Waals surface area contributed by atoms with E-state index in [9.17, 15) is 0 Å². The van der Waals surface area contributed by atoms with Gasteiger partial charge in [0.15, 0.2) is 0 Å². The summed E-state index contributed by atoms with van der Waals surface area (Å²) >= 11 is 0. The second-order valence-electron chi connectivity index (χ2n) is 4.88. The minimum atomic E-state index is 0.377. The Morgan fingerprint density at radius 2 is 2.41 bits per heavy atom. The minimum Gasteiger partial charge on any atom is -0.489 e. The summed E-state index contributed by atoms with van der Waals surface area (Å²) in [4.78, 5) is 2.45. The summed E-state index contributed by atoms with van der Waals surface area (Å²) in [6.07, 6.45) is 2.63. The molecular weight excluding hydrogens is 212 g/mol. The van der Waals surface area contributed by atoms with E-state index in [1.54, 1.807) is 0 Å². The third-order valence-corrected chi connectivity index (χ3v) is 3.79. The fraction of sp³-hybridized carbons (Fsp3) is 0.571. The number of nitrogens with zero attached hydrogens (tertiary/aromatic N) is 1. The lowest BCUT2D eigenvalue weighted by Crippen LogP contribution is -2.24. The van der Waals surface area contributed by atoms with Crippen LogP contribution in [-0.4, -0.2) is 37.2 Å². The first-order chi connectivity index (χ1) is 8.36. The maximum Gasteiger partial charge on any atom is 0.125 e. The van der Waals surface area contributed by atoms with Crippen LogP contribution in [0.15, 0.2) is 18.2 Å². The number of hydrogen-bond acceptors (Lipinski definition) is 3. The van der Waals surface area contributed by atoms with Gasteiger partial charge < -0.3 is 10.1 Å². The van der Waals surface area contributed by atoms with Gasteiger partial charge in [0.25, 0.3) is 0 Å². The first kappa shape index (κ1) is 10.9. The summed E-state index contributed by atoms with van der Waals surface area (Å²) in [5.41, 5.74) is 2.62. The Morgan fingerprint density at radius 1 is 1.47 bits per heavy atom. The molecule has 2 aliphatic heterocycles. The molecule has 0 bridgehead atoms. The molecule has 2 aliphatic rings. The van der Waals surface area contributed by atoms with Gasteiger partial charge >= 0.3 is 0 Å². The molecule has 0 spiro atoms. The van der Waals surface area contributed by atoms with E-state index in [0.717, 1.165) is 38.2 Å². The van der Waals surface area contributed by atoms with Crippen molar-refractivity contribution in [2.45, 2.75) is 25.9 Å². The normalized spacial score (nSPS) is 23.5. The molecule has 2 heterocycles. The highest BCUT2D eigenvalue weighted by atomic mass is 16.5. The van der Waals surface area contributed by atoms with Crippen molar-refractivity contribution >= 4 is 5.69 Å². The summed E-state index contributed by atoms with van der Waals surface area (Å²) in [6, 6.07) is 6.33. The number of nitrogens with one attached hydrogen (secondary N) is 1. The maximum atomic E-state index is 6.17. The van der Waals surface area contributed by atoms with Gasteiger partial charge in [0.2, 0.25) is 0 Å². The Kier molecular flexibility index (Phi) is 2.93. The predicted octanol–water partition coefficient (Wildman–Crippen LogP) is 2.13. The van der Waals surface area contributed by atoms with Crippen molar-refractivity contribution in [2.24, 2.45) is 0 Å². The van der Waals surface area contributed by atoms with E-state index in [-0.39, 0.29) is 0 Å². The van der Waals surface area contributed by atoms with Gasteiger partial charge in [-0.05, 0) is 31.5 Å². The topological polar surface area (TPSA) is 24.5 Å². The van der Waals surface area contributed by atoms with Gasteiger partial charge in [0, 0.05) is 30.9 Å². The molecule has 92 valence electrons. The molecule has 0 amide bonds. The molecule has 1 aromatic rings. The van der Waals surface area contributed by atoms with Crippen LogP contribution in [0, 0.1) is 0 Å². The number of anilines is 1. The van der Waals surface area contributed by atoms with Crippen LogP contribution in [-0.2, 0) is 6.42 Å². The molecule has 0 radical (unpaired) electrons. The van der Waals surface area contributed by atoms with Crippen LogP contribution in [0.5, 0.6) is 5.75 Å². The SMILES string of the molecule is CCN1CCC(Oc2cccc3c2CCN3)C1. The zero-order valence-electron chi connectivity index (χ0n) is 10.4. The lowest BCUT2D eigenvalue weighted by molar-refractivity contribution is 0.201. The van der Waals surface area contributed by atoms with Gasteiger partial charge in [-0.1, -0.05) is 13.0 Å². The van der Waals surface area contributed by atoms with Crippen molar-refractivity contribution in [3.63, 3.8) is 0 Å². The third-order valence-electron chi connectivity index (χ3n) is 3.79. The number of fused-ring (bicyclic) bond motifs is 1. The van der Waals surface area contributed by atoms with Crippen LogP contribution >= 0.6 is 0 Å². The first-order valence-corrected chi connectivity index (χ1v) is 6.61. The molecule has 0 aliphatic carbocycles. The van der Waals surface area contributed by atoms with Crippen LogP contribution in [0.25, 0.3) is 0 Å².